The Kier molecular flexibility index (Phi) is 5.92. The SMILES string of the molecule is CN(Cc1ccccc1F)C(=O)NCC[C@H](O)C(=O)O. The van der Waals surface area contributed by atoms with Gasteiger partial charge in [0.1, 0.15) is 5.82 Å². The first-order valence-corrected chi connectivity index (χ1v) is 6.05. The number of hydrogen-bond acceptors (Lipinski definition) is 3. The van der Waals surface area contributed by atoms with E-state index in [9.17, 15) is 14.0 Å². The van der Waals surface area contributed by atoms with E-state index in [1.165, 1.54) is 18.0 Å². The summed E-state index contributed by atoms with van der Waals surface area (Å²) in [5.74, 6) is -1.73. The van der Waals surface area contributed by atoms with Gasteiger partial charge in [0.15, 0.2) is 6.10 Å². The summed E-state index contributed by atoms with van der Waals surface area (Å²) >= 11 is 0. The van der Waals surface area contributed by atoms with Gasteiger partial charge < -0.3 is 20.4 Å². The maximum Gasteiger partial charge on any atom is 0.332 e. The van der Waals surface area contributed by atoms with E-state index in [1.807, 2.05) is 0 Å². The van der Waals surface area contributed by atoms with Gasteiger partial charge in [-0.25, -0.2) is 14.0 Å². The number of carboxylic acids is 1. The molecule has 1 rings (SSSR count). The van der Waals surface area contributed by atoms with Crippen molar-refractivity contribution in [1.82, 2.24) is 10.2 Å². The van der Waals surface area contributed by atoms with Crippen LogP contribution >= 0.6 is 0 Å². The number of urea groups is 1. The summed E-state index contributed by atoms with van der Waals surface area (Å²) in [5.41, 5.74) is 0.385. The number of aliphatic hydroxyl groups is 1. The minimum Gasteiger partial charge on any atom is -0.479 e. The van der Waals surface area contributed by atoms with E-state index in [2.05, 4.69) is 5.32 Å². The molecule has 20 heavy (non-hydrogen) atoms. The van der Waals surface area contributed by atoms with Crippen LogP contribution in [0.1, 0.15) is 12.0 Å². The fraction of sp³-hybridized carbons (Fsp3) is 0.385. The van der Waals surface area contributed by atoms with Crippen LogP contribution in [0.3, 0.4) is 0 Å². The van der Waals surface area contributed by atoms with Crippen molar-refractivity contribution in [3.8, 4) is 0 Å². The average molecular weight is 284 g/mol. The predicted molar refractivity (Wildman–Crippen MR) is 69.5 cm³/mol. The van der Waals surface area contributed by atoms with E-state index in [0.29, 0.717) is 5.56 Å². The van der Waals surface area contributed by atoms with Gasteiger partial charge in [-0.3, -0.25) is 0 Å². The van der Waals surface area contributed by atoms with Crippen molar-refractivity contribution in [2.45, 2.75) is 19.1 Å². The molecule has 0 aliphatic carbocycles. The molecule has 6 nitrogen and oxygen atoms in total. The molecule has 110 valence electrons. The van der Waals surface area contributed by atoms with Crippen LogP contribution < -0.4 is 5.32 Å². The highest BCUT2D eigenvalue weighted by atomic mass is 19.1. The number of carbonyl (C=O) groups is 2. The second kappa shape index (κ2) is 7.44. The summed E-state index contributed by atoms with van der Waals surface area (Å²) in [7, 11) is 1.50. The number of rotatable bonds is 6. The van der Waals surface area contributed by atoms with Gasteiger partial charge >= 0.3 is 12.0 Å². The smallest absolute Gasteiger partial charge is 0.332 e. The van der Waals surface area contributed by atoms with Crippen LogP contribution in [0.4, 0.5) is 9.18 Å². The van der Waals surface area contributed by atoms with Crippen molar-refractivity contribution in [2.24, 2.45) is 0 Å². The molecule has 2 amide bonds. The minimum atomic E-state index is -1.51. The summed E-state index contributed by atoms with van der Waals surface area (Å²) in [6.45, 7) is 0.119. The fourth-order valence-electron chi connectivity index (χ4n) is 1.53. The largest absolute Gasteiger partial charge is 0.479 e. The molecule has 3 N–H and O–H groups in total. The number of nitrogens with zero attached hydrogens (tertiary/aromatic N) is 1. The van der Waals surface area contributed by atoms with Crippen LogP contribution in [0, 0.1) is 5.82 Å². The van der Waals surface area contributed by atoms with E-state index >= 15 is 0 Å². The Hall–Kier alpha value is -2.15. The Morgan fingerprint density at radius 1 is 1.40 bits per heavy atom. The molecule has 1 aromatic carbocycles. The monoisotopic (exact) mass is 284 g/mol. The first kappa shape index (κ1) is 15.9. The lowest BCUT2D eigenvalue weighted by Crippen LogP contribution is -2.38. The van der Waals surface area contributed by atoms with Crippen molar-refractivity contribution < 1.29 is 24.2 Å². The lowest BCUT2D eigenvalue weighted by molar-refractivity contribution is -0.146. The van der Waals surface area contributed by atoms with Crippen molar-refractivity contribution in [3.63, 3.8) is 0 Å². The number of carbonyl (C=O) groups excluding carboxylic acids is 1. The number of amides is 2. The first-order valence-electron chi connectivity index (χ1n) is 6.05. The zero-order valence-electron chi connectivity index (χ0n) is 11.0. The van der Waals surface area contributed by atoms with Gasteiger partial charge in [-0.2, -0.15) is 0 Å². The quantitative estimate of drug-likeness (QED) is 0.721. The van der Waals surface area contributed by atoms with E-state index in [1.54, 1.807) is 18.2 Å². The predicted octanol–water partition coefficient (Wildman–Crippen LogP) is 0.803. The number of aliphatic carboxylic acids is 1. The highest BCUT2D eigenvalue weighted by Gasteiger charge is 2.14. The van der Waals surface area contributed by atoms with Gasteiger partial charge in [0, 0.05) is 32.1 Å². The second-order valence-corrected chi connectivity index (χ2v) is 4.32. The normalized spacial score (nSPS) is 11.8. The zero-order chi connectivity index (χ0) is 15.1. The highest BCUT2D eigenvalue weighted by Crippen LogP contribution is 2.08. The van der Waals surface area contributed by atoms with E-state index < -0.39 is 23.9 Å². The Bertz CT molecular complexity index is 481. The van der Waals surface area contributed by atoms with E-state index in [0.717, 1.165) is 0 Å². The van der Waals surface area contributed by atoms with Gasteiger partial charge in [0.25, 0.3) is 0 Å². The molecule has 0 saturated heterocycles. The molecule has 1 aromatic rings. The van der Waals surface area contributed by atoms with Crippen LogP contribution in [-0.2, 0) is 11.3 Å². The first-order chi connectivity index (χ1) is 9.41. The van der Waals surface area contributed by atoms with Gasteiger partial charge in [0.05, 0.1) is 0 Å². The number of nitrogens with one attached hydrogen (secondary N) is 1. The van der Waals surface area contributed by atoms with Crippen molar-refractivity contribution in [3.05, 3.63) is 35.6 Å². The third-order valence-electron chi connectivity index (χ3n) is 2.69. The average Bonchev–Trinajstić information content (AvgIpc) is 2.40. The minimum absolute atomic E-state index is 0.0217. The number of halogens is 1. The number of benzene rings is 1. The Morgan fingerprint density at radius 2 is 2.05 bits per heavy atom. The molecule has 0 bridgehead atoms. The molecule has 0 radical (unpaired) electrons. The molecule has 0 unspecified atom stereocenters. The van der Waals surface area contributed by atoms with Gasteiger partial charge in [0.2, 0.25) is 0 Å². The second-order valence-electron chi connectivity index (χ2n) is 4.32. The van der Waals surface area contributed by atoms with Crippen LogP contribution in [0.5, 0.6) is 0 Å². The Labute approximate surface area is 115 Å². The molecule has 0 aromatic heterocycles. The summed E-state index contributed by atoms with van der Waals surface area (Å²) in [4.78, 5) is 23.3. The Balaban J connectivity index is 2.40. The van der Waals surface area contributed by atoms with Gasteiger partial charge in [-0.1, -0.05) is 18.2 Å². The lowest BCUT2D eigenvalue weighted by Gasteiger charge is -2.18. The molecule has 0 aliphatic rings. The maximum absolute atomic E-state index is 13.4. The molecule has 1 atom stereocenters. The highest BCUT2D eigenvalue weighted by molar-refractivity contribution is 5.74. The van der Waals surface area contributed by atoms with Crippen molar-refractivity contribution in [2.75, 3.05) is 13.6 Å². The lowest BCUT2D eigenvalue weighted by atomic mass is 10.2. The topological polar surface area (TPSA) is 89.9 Å². The van der Waals surface area contributed by atoms with Crippen molar-refractivity contribution >= 4 is 12.0 Å². The molecule has 0 aliphatic heterocycles. The third-order valence-corrected chi connectivity index (χ3v) is 2.69. The number of aliphatic hydroxyl groups excluding tert-OH is 1. The standard InChI is InChI=1S/C13H17FN2O4/c1-16(8-9-4-2-3-5-10(9)14)13(20)15-7-6-11(17)12(18)19/h2-5,11,17H,6-8H2,1H3,(H,15,20)(H,18,19)/t11-/m0/s1. The van der Waals surface area contributed by atoms with Gasteiger partial charge in [-0.15, -0.1) is 0 Å². The summed E-state index contributed by atoms with van der Waals surface area (Å²) in [5, 5.41) is 20.0. The molecular weight excluding hydrogens is 267 g/mol. The van der Waals surface area contributed by atoms with Crippen LogP contribution in [0.2, 0.25) is 0 Å². The Morgan fingerprint density at radius 3 is 2.65 bits per heavy atom. The molecule has 0 heterocycles. The molecular formula is C13H17FN2O4. The third kappa shape index (κ3) is 4.85. The number of carboxylic acid groups (broad SMARTS) is 1. The summed E-state index contributed by atoms with van der Waals surface area (Å²) in [6, 6.07) is 5.66. The van der Waals surface area contributed by atoms with E-state index in [-0.39, 0.29) is 19.5 Å². The number of hydrogen-bond donors (Lipinski definition) is 3. The fourth-order valence-corrected chi connectivity index (χ4v) is 1.53. The summed E-state index contributed by atoms with van der Waals surface area (Å²) < 4.78 is 13.4. The van der Waals surface area contributed by atoms with Crippen molar-refractivity contribution in [1.29, 1.82) is 0 Å². The molecule has 0 spiro atoms. The van der Waals surface area contributed by atoms with Crippen LogP contribution in [0.15, 0.2) is 24.3 Å². The van der Waals surface area contributed by atoms with E-state index in [4.69, 9.17) is 10.2 Å². The van der Waals surface area contributed by atoms with Gasteiger partial charge in [-0.05, 0) is 6.07 Å². The van der Waals surface area contributed by atoms with Crippen LogP contribution in [-0.4, -0.2) is 46.8 Å². The molecule has 0 saturated carbocycles. The summed E-state index contributed by atoms with van der Waals surface area (Å²) in [6.07, 6.45) is -1.60. The molecule has 0 fully saturated rings. The molecule has 7 heteroatoms. The maximum atomic E-state index is 13.4. The van der Waals surface area contributed by atoms with Crippen LogP contribution in [0.25, 0.3) is 0 Å². The zero-order valence-corrected chi connectivity index (χ0v) is 11.0.